The number of anilines is 1. The Morgan fingerprint density at radius 2 is 2.29 bits per heavy atom. The molecule has 0 spiro atoms. The van der Waals surface area contributed by atoms with Crippen LogP contribution in [0.2, 0.25) is 4.34 Å². The molecule has 1 aliphatic carbocycles. The minimum atomic E-state index is 0.0966. The van der Waals surface area contributed by atoms with Gasteiger partial charge in [-0.05, 0) is 72.1 Å². The second-order valence-corrected chi connectivity index (χ2v) is 9.52. The van der Waals surface area contributed by atoms with Crippen LogP contribution in [-0.2, 0) is 11.2 Å². The molecular formula is C22H22ClN3OS. The van der Waals surface area contributed by atoms with Gasteiger partial charge in [0.05, 0.1) is 4.34 Å². The zero-order chi connectivity index (χ0) is 19.1. The number of rotatable bonds is 3. The highest BCUT2D eigenvalue weighted by Gasteiger charge is 2.38. The van der Waals surface area contributed by atoms with E-state index in [9.17, 15) is 4.79 Å². The maximum absolute atomic E-state index is 12.7. The van der Waals surface area contributed by atoms with E-state index in [0.29, 0.717) is 11.8 Å². The lowest BCUT2D eigenvalue weighted by molar-refractivity contribution is -0.125. The number of likely N-dealkylation sites (tertiary alicyclic amines) is 1. The van der Waals surface area contributed by atoms with Gasteiger partial charge in [0.25, 0.3) is 0 Å². The predicted octanol–water partition coefficient (Wildman–Crippen LogP) is 4.73. The van der Waals surface area contributed by atoms with Crippen LogP contribution in [0.4, 0.5) is 5.82 Å². The number of aromatic nitrogens is 1. The summed E-state index contributed by atoms with van der Waals surface area (Å²) < 4.78 is 0.836. The van der Waals surface area contributed by atoms with Crippen molar-refractivity contribution >= 4 is 46.3 Å². The van der Waals surface area contributed by atoms with E-state index in [0.717, 1.165) is 54.6 Å². The number of fused-ring (bicyclic) bond motifs is 2. The third-order valence-electron chi connectivity index (χ3n) is 5.91. The molecule has 2 atom stereocenters. The Kier molecular flexibility index (Phi) is 4.73. The SMILES string of the molecule is O=C(/C=C/c1cnc2c(c1)CCCN2)N1CC2C=C(c3ccc(Cl)s3)CC2C1. The number of hydrogen-bond acceptors (Lipinski definition) is 4. The number of carbonyl (C=O) groups is 1. The van der Waals surface area contributed by atoms with Crippen molar-refractivity contribution in [1.82, 2.24) is 9.88 Å². The van der Waals surface area contributed by atoms with E-state index in [1.807, 2.05) is 23.2 Å². The van der Waals surface area contributed by atoms with Crippen LogP contribution >= 0.6 is 22.9 Å². The zero-order valence-corrected chi connectivity index (χ0v) is 17.1. The highest BCUT2D eigenvalue weighted by atomic mass is 35.5. The van der Waals surface area contributed by atoms with Gasteiger partial charge in [0, 0.05) is 36.8 Å². The lowest BCUT2D eigenvalue weighted by Crippen LogP contribution is -2.27. The first-order chi connectivity index (χ1) is 13.7. The maximum Gasteiger partial charge on any atom is 0.246 e. The zero-order valence-electron chi connectivity index (χ0n) is 15.5. The number of carbonyl (C=O) groups excluding carboxylic acids is 1. The van der Waals surface area contributed by atoms with Gasteiger partial charge in [-0.3, -0.25) is 4.79 Å². The quantitative estimate of drug-likeness (QED) is 0.742. The molecule has 1 N–H and O–H groups in total. The summed E-state index contributed by atoms with van der Waals surface area (Å²) >= 11 is 7.71. The number of allylic oxidation sites excluding steroid dienone is 1. The molecule has 1 saturated heterocycles. The van der Waals surface area contributed by atoms with E-state index in [4.69, 9.17) is 11.6 Å². The number of nitrogens with zero attached hydrogens (tertiary/aromatic N) is 2. The van der Waals surface area contributed by atoms with Gasteiger partial charge < -0.3 is 10.2 Å². The molecule has 0 bridgehead atoms. The lowest BCUT2D eigenvalue weighted by Gasteiger charge is -2.17. The first-order valence-electron chi connectivity index (χ1n) is 9.82. The summed E-state index contributed by atoms with van der Waals surface area (Å²) in [5, 5.41) is 3.32. The van der Waals surface area contributed by atoms with Crippen LogP contribution in [0.3, 0.4) is 0 Å². The minimum Gasteiger partial charge on any atom is -0.370 e. The fraction of sp³-hybridized carbons (Fsp3) is 0.364. The number of thiophene rings is 1. The number of pyridine rings is 1. The van der Waals surface area contributed by atoms with Gasteiger partial charge in [-0.2, -0.15) is 0 Å². The third kappa shape index (κ3) is 3.49. The van der Waals surface area contributed by atoms with Gasteiger partial charge in [-0.25, -0.2) is 4.98 Å². The average Bonchev–Trinajstić information content (AvgIpc) is 3.40. The maximum atomic E-state index is 12.7. The molecule has 0 aromatic carbocycles. The molecule has 1 fully saturated rings. The molecule has 2 aromatic heterocycles. The molecule has 2 aliphatic heterocycles. The Morgan fingerprint density at radius 1 is 1.36 bits per heavy atom. The van der Waals surface area contributed by atoms with Crippen molar-refractivity contribution in [3.05, 3.63) is 56.9 Å². The largest absolute Gasteiger partial charge is 0.370 e. The van der Waals surface area contributed by atoms with Crippen molar-refractivity contribution in [2.75, 3.05) is 25.0 Å². The van der Waals surface area contributed by atoms with E-state index in [2.05, 4.69) is 28.5 Å². The molecule has 6 heteroatoms. The van der Waals surface area contributed by atoms with Crippen LogP contribution in [0, 0.1) is 11.8 Å². The van der Waals surface area contributed by atoms with Gasteiger partial charge in [-0.1, -0.05) is 17.7 Å². The summed E-state index contributed by atoms with van der Waals surface area (Å²) in [6, 6.07) is 6.20. The smallest absolute Gasteiger partial charge is 0.246 e. The van der Waals surface area contributed by atoms with Crippen LogP contribution in [0.5, 0.6) is 0 Å². The van der Waals surface area contributed by atoms with Crippen molar-refractivity contribution in [3.8, 4) is 0 Å². The molecule has 5 rings (SSSR count). The summed E-state index contributed by atoms with van der Waals surface area (Å²) in [6.45, 7) is 2.63. The fourth-order valence-electron chi connectivity index (χ4n) is 4.49. The van der Waals surface area contributed by atoms with Gasteiger partial charge in [0.1, 0.15) is 5.82 Å². The molecule has 4 heterocycles. The van der Waals surface area contributed by atoms with Gasteiger partial charge in [0.2, 0.25) is 5.91 Å². The van der Waals surface area contributed by atoms with Gasteiger partial charge >= 0.3 is 0 Å². The number of hydrogen-bond donors (Lipinski definition) is 1. The highest BCUT2D eigenvalue weighted by Crippen LogP contribution is 2.43. The Balaban J connectivity index is 1.23. The molecule has 28 heavy (non-hydrogen) atoms. The fourth-order valence-corrected chi connectivity index (χ4v) is 5.57. The van der Waals surface area contributed by atoms with Crippen LogP contribution in [0.1, 0.15) is 28.8 Å². The Morgan fingerprint density at radius 3 is 3.11 bits per heavy atom. The number of halogens is 1. The monoisotopic (exact) mass is 411 g/mol. The standard InChI is InChI=1S/C22H22ClN3OS/c23-20-5-4-19(28-20)16-9-17-12-26(13-18(17)10-16)21(27)6-3-14-8-15-2-1-7-24-22(15)25-11-14/h3-6,8-9,11,17-18H,1-2,7,10,12-13H2,(H,24,25)/b6-3+. The third-order valence-corrected chi connectivity index (χ3v) is 7.22. The molecule has 2 unspecified atom stereocenters. The van der Waals surface area contributed by atoms with E-state index >= 15 is 0 Å². The molecule has 3 aliphatic rings. The lowest BCUT2D eigenvalue weighted by atomic mass is 10.00. The summed E-state index contributed by atoms with van der Waals surface area (Å²) in [5.74, 6) is 2.07. The summed E-state index contributed by atoms with van der Waals surface area (Å²) in [7, 11) is 0. The van der Waals surface area contributed by atoms with E-state index in [1.165, 1.54) is 16.0 Å². The Labute approximate surface area is 173 Å². The predicted molar refractivity (Wildman–Crippen MR) is 116 cm³/mol. The van der Waals surface area contributed by atoms with Crippen molar-refractivity contribution < 1.29 is 4.79 Å². The van der Waals surface area contributed by atoms with Crippen molar-refractivity contribution in [1.29, 1.82) is 0 Å². The molecule has 0 radical (unpaired) electrons. The normalized spacial score (nSPS) is 23.5. The Hall–Kier alpha value is -2.11. The summed E-state index contributed by atoms with van der Waals surface area (Å²) in [4.78, 5) is 20.4. The molecular weight excluding hydrogens is 390 g/mol. The number of amides is 1. The second kappa shape index (κ2) is 7.37. The number of aryl methyl sites for hydroxylation is 1. The average molecular weight is 412 g/mol. The van der Waals surface area contributed by atoms with Crippen molar-refractivity contribution in [3.63, 3.8) is 0 Å². The van der Waals surface area contributed by atoms with Gasteiger partial charge in [0.15, 0.2) is 0 Å². The summed E-state index contributed by atoms with van der Waals surface area (Å²) in [5.41, 5.74) is 3.62. The molecule has 144 valence electrons. The second-order valence-electron chi connectivity index (χ2n) is 7.81. The highest BCUT2D eigenvalue weighted by molar-refractivity contribution is 7.17. The van der Waals surface area contributed by atoms with Crippen molar-refractivity contribution in [2.24, 2.45) is 11.8 Å². The van der Waals surface area contributed by atoms with Crippen LogP contribution in [0.15, 0.2) is 36.5 Å². The molecule has 4 nitrogen and oxygen atoms in total. The van der Waals surface area contributed by atoms with E-state index in [-0.39, 0.29) is 5.91 Å². The van der Waals surface area contributed by atoms with Gasteiger partial charge in [-0.15, -0.1) is 11.3 Å². The minimum absolute atomic E-state index is 0.0966. The Bertz CT molecular complexity index is 980. The molecule has 0 saturated carbocycles. The molecule has 2 aromatic rings. The van der Waals surface area contributed by atoms with Crippen LogP contribution in [0.25, 0.3) is 11.6 Å². The molecule has 1 amide bonds. The van der Waals surface area contributed by atoms with Crippen molar-refractivity contribution in [2.45, 2.75) is 19.3 Å². The van der Waals surface area contributed by atoms with Crippen LogP contribution in [-0.4, -0.2) is 35.4 Å². The van der Waals surface area contributed by atoms with Crippen LogP contribution < -0.4 is 5.32 Å². The summed E-state index contributed by atoms with van der Waals surface area (Å²) in [6.07, 6.45) is 11.0. The van der Waals surface area contributed by atoms with E-state index in [1.54, 1.807) is 17.4 Å². The number of nitrogens with one attached hydrogen (secondary N) is 1. The first-order valence-corrected chi connectivity index (χ1v) is 11.0. The van der Waals surface area contributed by atoms with E-state index < -0.39 is 0 Å². The topological polar surface area (TPSA) is 45.2 Å². The first kappa shape index (κ1) is 18.0.